The highest BCUT2D eigenvalue weighted by atomic mass is 35.5. The SMILES string of the molecule is O=C(CS(=O)(=O)Cc1nnc(CS(=O)(=O)CC(=O)Nc2nc(-c3ccc(Cl)cc3)cs2)s1)Nc1nc(-c2ccc(Cl)cc2)cs1. The van der Waals surface area contributed by atoms with Crippen LogP contribution in [0.15, 0.2) is 59.3 Å². The highest BCUT2D eigenvalue weighted by molar-refractivity contribution is 7.91. The van der Waals surface area contributed by atoms with Gasteiger partial charge in [-0.25, -0.2) is 26.8 Å². The van der Waals surface area contributed by atoms with Crippen molar-refractivity contribution >= 4 is 99.0 Å². The van der Waals surface area contributed by atoms with Gasteiger partial charge in [0.1, 0.15) is 33.0 Å². The van der Waals surface area contributed by atoms with Gasteiger partial charge in [-0.1, -0.05) is 58.8 Å². The van der Waals surface area contributed by atoms with Gasteiger partial charge in [-0.15, -0.1) is 32.9 Å². The summed E-state index contributed by atoms with van der Waals surface area (Å²) < 4.78 is 50.6. The molecule has 0 spiro atoms. The minimum absolute atomic E-state index is 0.00855. The van der Waals surface area contributed by atoms with Crippen LogP contribution in [0.4, 0.5) is 10.3 Å². The van der Waals surface area contributed by atoms with E-state index >= 15 is 0 Å². The van der Waals surface area contributed by atoms with E-state index in [2.05, 4.69) is 30.8 Å². The zero-order chi connectivity index (χ0) is 32.2. The predicted octanol–water partition coefficient (Wildman–Crippen LogP) is 5.20. The van der Waals surface area contributed by atoms with Gasteiger partial charge >= 0.3 is 0 Å². The molecule has 0 unspecified atom stereocenters. The van der Waals surface area contributed by atoms with E-state index in [0.29, 0.717) is 21.4 Å². The molecule has 0 aliphatic heterocycles. The number of carbonyl (C=O) groups is 2. The number of carbonyl (C=O) groups excluding carboxylic acids is 2. The zero-order valence-electron chi connectivity index (χ0n) is 22.6. The molecule has 0 aliphatic carbocycles. The number of nitrogens with zero attached hydrogens (tertiary/aromatic N) is 4. The first-order valence-electron chi connectivity index (χ1n) is 12.6. The van der Waals surface area contributed by atoms with Crippen molar-refractivity contribution in [1.29, 1.82) is 0 Å². The molecule has 234 valence electrons. The third kappa shape index (κ3) is 9.59. The summed E-state index contributed by atoms with van der Waals surface area (Å²) in [6, 6.07) is 13.9. The van der Waals surface area contributed by atoms with Crippen LogP contribution in [-0.4, -0.2) is 60.3 Å². The number of aromatic nitrogens is 4. The topological polar surface area (TPSA) is 178 Å². The van der Waals surface area contributed by atoms with E-state index in [9.17, 15) is 26.4 Å². The van der Waals surface area contributed by atoms with Crippen molar-refractivity contribution in [3.8, 4) is 22.5 Å². The number of hydrogen-bond donors (Lipinski definition) is 2. The molecule has 5 aromatic rings. The number of rotatable bonds is 12. The Morgan fingerprint density at radius 2 is 1.02 bits per heavy atom. The van der Waals surface area contributed by atoms with Crippen molar-refractivity contribution in [1.82, 2.24) is 20.2 Å². The highest BCUT2D eigenvalue weighted by Gasteiger charge is 2.24. The first kappa shape index (κ1) is 33.1. The minimum atomic E-state index is -3.98. The quantitative estimate of drug-likeness (QED) is 0.173. The Morgan fingerprint density at radius 3 is 1.40 bits per heavy atom. The molecule has 0 radical (unpaired) electrons. The number of thiazole rings is 2. The Labute approximate surface area is 279 Å². The summed E-state index contributed by atoms with van der Waals surface area (Å²) in [5.74, 6) is -4.49. The molecule has 3 aromatic heterocycles. The molecule has 0 aliphatic rings. The summed E-state index contributed by atoms with van der Waals surface area (Å²) in [6.45, 7) is 0. The van der Waals surface area contributed by atoms with Gasteiger partial charge in [-0.2, -0.15) is 0 Å². The van der Waals surface area contributed by atoms with Gasteiger partial charge in [0.15, 0.2) is 29.9 Å². The minimum Gasteiger partial charge on any atom is -0.301 e. The van der Waals surface area contributed by atoms with Crippen LogP contribution in [-0.2, 0) is 40.8 Å². The standard InChI is InChI=1S/C26H20Cl2N6O6S5/c27-17-5-1-15(2-6-17)19-9-41-25(29-19)31-21(35)11-44(37,38)13-23-33-34-24(43-23)14-45(39,40)12-22(36)32-26-30-20(10-42-26)16-3-7-18(28)8-4-16/h1-10H,11-14H2,(H,29,31,35)(H,30,32,36). The summed E-state index contributed by atoms with van der Waals surface area (Å²) in [5.41, 5.74) is 2.74. The van der Waals surface area contributed by atoms with E-state index < -0.39 is 54.5 Å². The summed E-state index contributed by atoms with van der Waals surface area (Å²) in [7, 11) is -7.95. The summed E-state index contributed by atoms with van der Waals surface area (Å²) in [4.78, 5) is 33.4. The van der Waals surface area contributed by atoms with Crippen LogP contribution in [0, 0.1) is 0 Å². The first-order chi connectivity index (χ1) is 21.3. The molecule has 2 N–H and O–H groups in total. The second-order valence-electron chi connectivity index (χ2n) is 9.34. The number of nitrogens with one attached hydrogen (secondary N) is 2. The largest absolute Gasteiger partial charge is 0.301 e. The van der Waals surface area contributed by atoms with Gasteiger partial charge in [0.05, 0.1) is 11.4 Å². The van der Waals surface area contributed by atoms with Gasteiger partial charge in [-0.05, 0) is 24.3 Å². The Kier molecular flexibility index (Phi) is 10.3. The fraction of sp³-hybridized carbons (Fsp3) is 0.154. The fourth-order valence-corrected chi connectivity index (χ4v) is 9.49. The lowest BCUT2D eigenvalue weighted by Gasteiger charge is -2.03. The van der Waals surface area contributed by atoms with E-state index in [-0.39, 0.29) is 20.3 Å². The van der Waals surface area contributed by atoms with Gasteiger partial charge < -0.3 is 10.6 Å². The van der Waals surface area contributed by atoms with Crippen LogP contribution in [0.5, 0.6) is 0 Å². The number of hydrogen-bond acceptors (Lipinski definition) is 13. The third-order valence-electron chi connectivity index (χ3n) is 5.68. The normalized spacial score (nSPS) is 11.8. The number of benzene rings is 2. The zero-order valence-corrected chi connectivity index (χ0v) is 28.2. The van der Waals surface area contributed by atoms with Crippen LogP contribution in [0.25, 0.3) is 22.5 Å². The summed E-state index contributed by atoms with van der Waals surface area (Å²) in [5, 5.41) is 17.5. The Bertz CT molecular complexity index is 1910. The van der Waals surface area contributed by atoms with Crippen molar-refractivity contribution in [2.24, 2.45) is 0 Å². The molecule has 0 saturated heterocycles. The summed E-state index contributed by atoms with van der Waals surface area (Å²) >= 11 is 14.8. The molecule has 0 bridgehead atoms. The van der Waals surface area contributed by atoms with Gasteiger partial charge in [-0.3, -0.25) is 9.59 Å². The van der Waals surface area contributed by atoms with Crippen LogP contribution in [0.1, 0.15) is 10.0 Å². The number of amides is 2. The Balaban J connectivity index is 1.11. The van der Waals surface area contributed by atoms with E-state index in [1.54, 1.807) is 59.3 Å². The Morgan fingerprint density at radius 1 is 0.644 bits per heavy atom. The molecule has 0 saturated carbocycles. The molecule has 0 fully saturated rings. The van der Waals surface area contributed by atoms with Gasteiger partial charge in [0, 0.05) is 31.9 Å². The first-order valence-corrected chi connectivity index (χ1v) is 19.5. The highest BCUT2D eigenvalue weighted by Crippen LogP contribution is 2.27. The van der Waals surface area contributed by atoms with Crippen LogP contribution in [0.3, 0.4) is 0 Å². The molecule has 5 rings (SSSR count). The van der Waals surface area contributed by atoms with Gasteiger partial charge in [0.25, 0.3) is 0 Å². The molecule has 0 atom stereocenters. The van der Waals surface area contributed by atoms with E-state index in [4.69, 9.17) is 23.2 Å². The lowest BCUT2D eigenvalue weighted by atomic mass is 10.2. The van der Waals surface area contributed by atoms with Crippen molar-refractivity contribution in [2.45, 2.75) is 11.5 Å². The van der Waals surface area contributed by atoms with Gasteiger partial charge in [0.2, 0.25) is 11.8 Å². The van der Waals surface area contributed by atoms with Crippen LogP contribution in [0.2, 0.25) is 10.0 Å². The van der Waals surface area contributed by atoms with E-state index in [1.807, 2.05) is 0 Å². The van der Waals surface area contributed by atoms with Crippen molar-refractivity contribution in [3.05, 3.63) is 79.4 Å². The number of halogens is 2. The van der Waals surface area contributed by atoms with E-state index in [1.165, 1.54) is 0 Å². The monoisotopic (exact) mass is 742 g/mol. The molecular weight excluding hydrogens is 724 g/mol. The molecule has 19 heteroatoms. The molecule has 3 heterocycles. The van der Waals surface area contributed by atoms with Crippen molar-refractivity contribution < 1.29 is 26.4 Å². The maximum absolute atomic E-state index is 12.6. The molecule has 2 aromatic carbocycles. The van der Waals surface area contributed by atoms with E-state index in [0.717, 1.165) is 45.1 Å². The second-order valence-corrected chi connectivity index (χ2v) is 17.2. The summed E-state index contributed by atoms with van der Waals surface area (Å²) in [6.07, 6.45) is 0. The van der Waals surface area contributed by atoms with Crippen LogP contribution < -0.4 is 10.6 Å². The van der Waals surface area contributed by atoms with Crippen molar-refractivity contribution in [3.63, 3.8) is 0 Å². The number of anilines is 2. The second kappa shape index (κ2) is 14.0. The predicted molar refractivity (Wildman–Crippen MR) is 177 cm³/mol. The lowest BCUT2D eigenvalue weighted by molar-refractivity contribution is -0.114. The lowest BCUT2D eigenvalue weighted by Crippen LogP contribution is -2.24. The fourth-order valence-electron chi connectivity index (χ4n) is 3.76. The maximum Gasteiger partial charge on any atom is 0.241 e. The molecule has 12 nitrogen and oxygen atoms in total. The smallest absolute Gasteiger partial charge is 0.241 e. The Hall–Kier alpha value is -3.32. The average Bonchev–Trinajstić information content (AvgIpc) is 3.70. The molecule has 45 heavy (non-hydrogen) atoms. The number of sulfone groups is 2. The third-order valence-corrected chi connectivity index (χ3v) is 11.8. The maximum atomic E-state index is 12.6. The average molecular weight is 744 g/mol. The van der Waals surface area contributed by atoms with Crippen LogP contribution >= 0.6 is 57.2 Å². The molecular formula is C26H20Cl2N6O6S5. The van der Waals surface area contributed by atoms with Crippen molar-refractivity contribution in [2.75, 3.05) is 22.1 Å². The molecule has 2 amide bonds.